The van der Waals surface area contributed by atoms with Crippen LogP contribution in [-0.2, 0) is 9.59 Å². The van der Waals surface area contributed by atoms with Crippen LogP contribution < -0.4 is 0 Å². The van der Waals surface area contributed by atoms with Crippen molar-refractivity contribution >= 4 is 35.4 Å². The lowest BCUT2D eigenvalue weighted by molar-refractivity contribution is -0.139. The topological polar surface area (TPSA) is 115 Å². The molecule has 3 heterocycles. The van der Waals surface area contributed by atoms with E-state index in [1.807, 2.05) is 0 Å². The number of hydrogen-bond acceptors (Lipinski definition) is 6. The molecule has 0 N–H and O–H groups in total. The zero-order valence-electron chi connectivity index (χ0n) is 18.1. The summed E-state index contributed by atoms with van der Waals surface area (Å²) in [5.41, 5.74) is 1.13. The maximum absolute atomic E-state index is 12.7. The highest BCUT2D eigenvalue weighted by atomic mass is 16.2. The average Bonchev–Trinajstić information content (AvgIpc) is 3.25. The lowest BCUT2D eigenvalue weighted by Crippen LogP contribution is -2.54. The minimum absolute atomic E-state index is 0.218. The molecule has 172 valence electrons. The van der Waals surface area contributed by atoms with Gasteiger partial charge in [-0.2, -0.15) is 0 Å². The van der Waals surface area contributed by atoms with E-state index in [0.717, 1.165) is 9.80 Å². The van der Waals surface area contributed by atoms with E-state index in [2.05, 4.69) is 0 Å². The summed E-state index contributed by atoms with van der Waals surface area (Å²) in [6.45, 7) is 0.141. The maximum atomic E-state index is 12.7. The van der Waals surface area contributed by atoms with Crippen LogP contribution in [0.5, 0.6) is 0 Å². The van der Waals surface area contributed by atoms with Crippen molar-refractivity contribution in [2.75, 3.05) is 39.3 Å². The number of nitrogens with zero attached hydrogens (tertiary/aromatic N) is 4. The van der Waals surface area contributed by atoms with Crippen LogP contribution in [-0.4, -0.2) is 94.3 Å². The molecule has 2 aromatic carbocycles. The standard InChI is InChI=1S/C24H20N4O6/c29-19(13-27-21(31)15-5-1-2-6-16(15)22(27)32)25-9-11-26(12-10-25)20(30)14-28-23(33)17-7-3-4-8-18(17)24(28)34/h1-8H,9-14H2. The number of hydrogen-bond donors (Lipinski definition) is 0. The molecule has 34 heavy (non-hydrogen) atoms. The third-order valence-electron chi connectivity index (χ3n) is 6.33. The molecule has 1 fully saturated rings. The van der Waals surface area contributed by atoms with Gasteiger partial charge in [-0.05, 0) is 24.3 Å². The fraction of sp³-hybridized carbons (Fsp3) is 0.250. The number of fused-ring (bicyclic) bond motifs is 2. The molecule has 0 unspecified atom stereocenters. The molecule has 0 radical (unpaired) electrons. The predicted molar refractivity (Wildman–Crippen MR) is 117 cm³/mol. The van der Waals surface area contributed by atoms with E-state index in [4.69, 9.17) is 0 Å². The molecule has 0 bridgehead atoms. The van der Waals surface area contributed by atoms with Gasteiger partial charge < -0.3 is 9.80 Å². The lowest BCUT2D eigenvalue weighted by atomic mass is 10.1. The summed E-state index contributed by atoms with van der Waals surface area (Å²) >= 11 is 0. The van der Waals surface area contributed by atoms with E-state index >= 15 is 0 Å². The van der Waals surface area contributed by atoms with Gasteiger partial charge in [0.2, 0.25) is 11.8 Å². The second kappa shape index (κ2) is 8.22. The second-order valence-corrected chi connectivity index (χ2v) is 8.25. The third kappa shape index (κ3) is 3.43. The Labute approximate surface area is 194 Å². The molecule has 3 aliphatic rings. The number of piperazine rings is 1. The monoisotopic (exact) mass is 460 g/mol. The highest BCUT2D eigenvalue weighted by molar-refractivity contribution is 6.23. The highest BCUT2D eigenvalue weighted by Crippen LogP contribution is 2.23. The third-order valence-corrected chi connectivity index (χ3v) is 6.33. The van der Waals surface area contributed by atoms with E-state index in [9.17, 15) is 28.8 Å². The van der Waals surface area contributed by atoms with Gasteiger partial charge in [0.15, 0.2) is 0 Å². The van der Waals surface area contributed by atoms with Crippen molar-refractivity contribution in [3.05, 3.63) is 70.8 Å². The Kier molecular flexibility index (Phi) is 5.20. The van der Waals surface area contributed by atoms with Gasteiger partial charge in [-0.25, -0.2) is 0 Å². The molecular weight excluding hydrogens is 440 g/mol. The van der Waals surface area contributed by atoms with Gasteiger partial charge in [0.1, 0.15) is 13.1 Å². The summed E-state index contributed by atoms with van der Waals surface area (Å²) in [7, 11) is 0. The van der Waals surface area contributed by atoms with Gasteiger partial charge in [0.05, 0.1) is 22.3 Å². The fourth-order valence-electron chi connectivity index (χ4n) is 4.44. The van der Waals surface area contributed by atoms with Gasteiger partial charge in [-0.15, -0.1) is 0 Å². The van der Waals surface area contributed by atoms with E-state index in [1.165, 1.54) is 9.80 Å². The molecule has 0 atom stereocenters. The number of carbonyl (C=O) groups excluding carboxylic acids is 6. The van der Waals surface area contributed by atoms with Gasteiger partial charge >= 0.3 is 0 Å². The van der Waals surface area contributed by atoms with Crippen LogP contribution in [0.4, 0.5) is 0 Å². The summed E-state index contributed by atoms with van der Waals surface area (Å²) in [5, 5.41) is 0. The smallest absolute Gasteiger partial charge is 0.262 e. The Bertz CT molecular complexity index is 1100. The average molecular weight is 460 g/mol. The van der Waals surface area contributed by atoms with Crippen LogP contribution >= 0.6 is 0 Å². The van der Waals surface area contributed by atoms with Crippen LogP contribution in [0.2, 0.25) is 0 Å². The number of benzene rings is 2. The molecule has 0 saturated carbocycles. The van der Waals surface area contributed by atoms with Crippen LogP contribution in [0.1, 0.15) is 41.4 Å². The SMILES string of the molecule is O=C(CN1C(=O)c2ccccc2C1=O)N1CCN(C(=O)CN2C(=O)c3ccccc3C2=O)CC1. The van der Waals surface area contributed by atoms with Crippen LogP contribution in [0.15, 0.2) is 48.5 Å². The molecule has 10 nitrogen and oxygen atoms in total. The molecule has 10 heteroatoms. The van der Waals surface area contributed by atoms with Crippen molar-refractivity contribution in [3.63, 3.8) is 0 Å². The van der Waals surface area contributed by atoms with Crippen molar-refractivity contribution < 1.29 is 28.8 Å². The first-order chi connectivity index (χ1) is 16.4. The summed E-state index contributed by atoms with van der Waals surface area (Å²) < 4.78 is 0. The second-order valence-electron chi connectivity index (χ2n) is 8.25. The van der Waals surface area contributed by atoms with Gasteiger partial charge in [0, 0.05) is 26.2 Å². The molecule has 1 saturated heterocycles. The first-order valence-corrected chi connectivity index (χ1v) is 10.8. The summed E-state index contributed by atoms with van der Waals surface area (Å²) in [4.78, 5) is 80.3. The van der Waals surface area contributed by atoms with Crippen molar-refractivity contribution in [2.24, 2.45) is 0 Å². The first kappa shape index (κ1) is 21.5. The van der Waals surface area contributed by atoms with Gasteiger partial charge in [0.25, 0.3) is 23.6 Å². The largest absolute Gasteiger partial charge is 0.338 e. The molecule has 0 spiro atoms. The molecule has 3 aliphatic heterocycles. The molecular formula is C24H20N4O6. The number of imide groups is 2. The van der Waals surface area contributed by atoms with Crippen LogP contribution in [0.3, 0.4) is 0 Å². The minimum atomic E-state index is -0.497. The highest BCUT2D eigenvalue weighted by Gasteiger charge is 2.39. The number of rotatable bonds is 4. The molecule has 6 amide bonds. The zero-order valence-corrected chi connectivity index (χ0v) is 18.1. The first-order valence-electron chi connectivity index (χ1n) is 10.8. The maximum Gasteiger partial charge on any atom is 0.262 e. The predicted octanol–water partition coefficient (Wildman–Crippen LogP) is 0.250. The fourth-order valence-corrected chi connectivity index (χ4v) is 4.44. The number of carbonyl (C=O) groups is 6. The van der Waals surface area contributed by atoms with Crippen molar-refractivity contribution in [2.45, 2.75) is 0 Å². The van der Waals surface area contributed by atoms with Crippen LogP contribution in [0, 0.1) is 0 Å². The molecule has 5 rings (SSSR count). The van der Waals surface area contributed by atoms with E-state index in [-0.39, 0.29) is 73.3 Å². The summed E-state index contributed by atoms with van der Waals surface area (Å²) in [6.07, 6.45) is 0. The van der Waals surface area contributed by atoms with Crippen molar-refractivity contribution in [1.29, 1.82) is 0 Å². The Morgan fingerprint density at radius 1 is 0.529 bits per heavy atom. The van der Waals surface area contributed by atoms with Crippen LogP contribution in [0.25, 0.3) is 0 Å². The lowest BCUT2D eigenvalue weighted by Gasteiger charge is -2.35. The zero-order chi connectivity index (χ0) is 24.0. The normalized spacial score (nSPS) is 17.4. The van der Waals surface area contributed by atoms with E-state index in [0.29, 0.717) is 0 Å². The molecule has 0 aliphatic carbocycles. The molecule has 0 aromatic heterocycles. The van der Waals surface area contributed by atoms with Gasteiger partial charge in [-0.1, -0.05) is 24.3 Å². The number of amides is 6. The minimum Gasteiger partial charge on any atom is -0.338 e. The Balaban J connectivity index is 1.16. The Hall–Kier alpha value is -4.34. The van der Waals surface area contributed by atoms with E-state index in [1.54, 1.807) is 48.5 Å². The Morgan fingerprint density at radius 2 is 0.794 bits per heavy atom. The summed E-state index contributed by atoms with van der Waals surface area (Å²) in [5.74, 6) is -2.76. The quantitative estimate of drug-likeness (QED) is 0.604. The summed E-state index contributed by atoms with van der Waals surface area (Å²) in [6, 6.07) is 12.9. The Morgan fingerprint density at radius 3 is 1.06 bits per heavy atom. The van der Waals surface area contributed by atoms with Crippen molar-refractivity contribution in [3.8, 4) is 0 Å². The molecule has 2 aromatic rings. The van der Waals surface area contributed by atoms with Gasteiger partial charge in [-0.3, -0.25) is 38.6 Å². The van der Waals surface area contributed by atoms with Crippen molar-refractivity contribution in [1.82, 2.24) is 19.6 Å². The van der Waals surface area contributed by atoms with E-state index < -0.39 is 23.6 Å².